The molecule has 0 unspecified atom stereocenters. The Bertz CT molecular complexity index is 352. The van der Waals surface area contributed by atoms with Gasteiger partial charge in [-0.25, -0.2) is 0 Å². The number of rotatable bonds is 5. The minimum atomic E-state index is 0.199. The molecule has 0 heterocycles. The van der Waals surface area contributed by atoms with E-state index in [0.717, 1.165) is 24.3 Å². The summed E-state index contributed by atoms with van der Waals surface area (Å²) in [5.41, 5.74) is 2.89. The fraction of sp³-hybridized carbons (Fsp3) is 0.600. The second-order valence-corrected chi connectivity index (χ2v) is 5.90. The molecule has 0 fully saturated rings. The molecule has 0 amide bonds. The first-order valence-electron chi connectivity index (χ1n) is 6.27. The van der Waals surface area contributed by atoms with Crippen molar-refractivity contribution >= 4 is 12.6 Å². The molecule has 0 aliphatic rings. The van der Waals surface area contributed by atoms with Crippen LogP contribution in [0.1, 0.15) is 44.7 Å². The van der Waals surface area contributed by atoms with Gasteiger partial charge in [0.15, 0.2) is 0 Å². The molecule has 0 saturated heterocycles. The molecule has 2 heteroatoms. The summed E-state index contributed by atoms with van der Waals surface area (Å²) in [6.07, 6.45) is 3.41. The van der Waals surface area contributed by atoms with Crippen LogP contribution >= 0.6 is 12.6 Å². The Labute approximate surface area is 111 Å². The molecule has 1 rings (SSSR count). The van der Waals surface area contributed by atoms with E-state index in [0.29, 0.717) is 0 Å². The van der Waals surface area contributed by atoms with Gasteiger partial charge in [0.1, 0.15) is 5.75 Å². The third kappa shape index (κ3) is 4.27. The summed E-state index contributed by atoms with van der Waals surface area (Å²) in [4.78, 5) is 0. The van der Waals surface area contributed by atoms with Crippen LogP contribution in [0, 0.1) is 0 Å². The molecule has 0 atom stereocenters. The molecule has 0 bridgehead atoms. The maximum atomic E-state index is 5.42. The number of methoxy groups -OCH3 is 1. The first kappa shape index (κ1) is 14.4. The molecule has 96 valence electrons. The summed E-state index contributed by atoms with van der Waals surface area (Å²) in [5.74, 6) is 1.97. The second kappa shape index (κ2) is 6.34. The maximum absolute atomic E-state index is 5.42. The average Bonchev–Trinajstić information content (AvgIpc) is 2.28. The van der Waals surface area contributed by atoms with E-state index in [1.165, 1.54) is 17.5 Å². The topological polar surface area (TPSA) is 9.23 Å². The van der Waals surface area contributed by atoms with Gasteiger partial charge in [-0.3, -0.25) is 0 Å². The molecule has 1 aromatic carbocycles. The Morgan fingerprint density at radius 3 is 2.41 bits per heavy atom. The molecular weight excluding hydrogens is 228 g/mol. The molecule has 0 aliphatic heterocycles. The lowest BCUT2D eigenvalue weighted by molar-refractivity contribution is 0.408. The summed E-state index contributed by atoms with van der Waals surface area (Å²) < 4.78 is 5.42. The zero-order valence-corrected chi connectivity index (χ0v) is 12.3. The normalized spacial score (nSPS) is 11.6. The Morgan fingerprint density at radius 1 is 1.18 bits per heavy atom. The standard InChI is InChI=1S/C15H24OS/c1-15(2,3)13-8-9-14(16-4)12(11-13)7-5-6-10-17/h8-9,11,17H,5-7,10H2,1-4H3. The maximum Gasteiger partial charge on any atom is 0.122 e. The molecule has 1 nitrogen and oxygen atoms in total. The quantitative estimate of drug-likeness (QED) is 0.609. The fourth-order valence-electron chi connectivity index (χ4n) is 1.87. The van der Waals surface area contributed by atoms with E-state index >= 15 is 0 Å². The molecular formula is C15H24OS. The van der Waals surface area contributed by atoms with Gasteiger partial charge in [0.25, 0.3) is 0 Å². The Kier molecular flexibility index (Phi) is 5.38. The van der Waals surface area contributed by atoms with Crippen LogP contribution in [0.15, 0.2) is 18.2 Å². The number of ether oxygens (including phenoxy) is 1. The average molecular weight is 252 g/mol. The molecule has 0 N–H and O–H groups in total. The molecule has 1 aromatic rings. The number of hydrogen-bond acceptors (Lipinski definition) is 2. The zero-order valence-electron chi connectivity index (χ0n) is 11.4. The van der Waals surface area contributed by atoms with Crippen molar-refractivity contribution in [1.29, 1.82) is 0 Å². The first-order chi connectivity index (χ1) is 7.99. The van der Waals surface area contributed by atoms with E-state index in [4.69, 9.17) is 4.74 Å². The highest BCUT2D eigenvalue weighted by atomic mass is 32.1. The summed E-state index contributed by atoms with van der Waals surface area (Å²) in [5, 5.41) is 0. The number of thiol groups is 1. The van der Waals surface area contributed by atoms with Gasteiger partial charge >= 0.3 is 0 Å². The molecule has 0 radical (unpaired) electrons. The van der Waals surface area contributed by atoms with Gasteiger partial charge in [-0.2, -0.15) is 12.6 Å². The highest BCUT2D eigenvalue weighted by Gasteiger charge is 2.15. The summed E-state index contributed by atoms with van der Waals surface area (Å²) in [6.45, 7) is 6.73. The molecule has 0 aromatic heterocycles. The zero-order chi connectivity index (χ0) is 12.9. The lowest BCUT2D eigenvalue weighted by Crippen LogP contribution is -2.11. The first-order valence-corrected chi connectivity index (χ1v) is 6.90. The van der Waals surface area contributed by atoms with Crippen molar-refractivity contribution in [3.05, 3.63) is 29.3 Å². The third-order valence-corrected chi connectivity index (χ3v) is 3.32. The van der Waals surface area contributed by atoms with Crippen LogP contribution < -0.4 is 4.74 Å². The van der Waals surface area contributed by atoms with Gasteiger partial charge in [-0.1, -0.05) is 32.9 Å². The van der Waals surface area contributed by atoms with Gasteiger partial charge in [0.05, 0.1) is 7.11 Å². The van der Waals surface area contributed by atoms with E-state index in [1.54, 1.807) is 7.11 Å². The van der Waals surface area contributed by atoms with Crippen molar-refractivity contribution < 1.29 is 4.74 Å². The van der Waals surface area contributed by atoms with E-state index in [2.05, 4.69) is 51.6 Å². The second-order valence-electron chi connectivity index (χ2n) is 5.46. The number of unbranched alkanes of at least 4 members (excludes halogenated alkanes) is 1. The SMILES string of the molecule is COc1ccc(C(C)(C)C)cc1CCCCS. The van der Waals surface area contributed by atoms with Crippen molar-refractivity contribution in [3.8, 4) is 5.75 Å². The predicted molar refractivity (Wildman–Crippen MR) is 78.5 cm³/mol. The van der Waals surface area contributed by atoms with Crippen LogP contribution in [0.2, 0.25) is 0 Å². The Balaban J connectivity index is 2.90. The Morgan fingerprint density at radius 2 is 1.88 bits per heavy atom. The minimum absolute atomic E-state index is 0.199. The largest absolute Gasteiger partial charge is 0.496 e. The highest BCUT2D eigenvalue weighted by Crippen LogP contribution is 2.28. The lowest BCUT2D eigenvalue weighted by Gasteiger charge is -2.21. The van der Waals surface area contributed by atoms with Crippen LogP contribution in [-0.2, 0) is 11.8 Å². The van der Waals surface area contributed by atoms with E-state index in [-0.39, 0.29) is 5.41 Å². The molecule has 0 aliphatic carbocycles. The van der Waals surface area contributed by atoms with Crippen LogP contribution in [0.5, 0.6) is 5.75 Å². The fourth-order valence-corrected chi connectivity index (χ4v) is 2.09. The van der Waals surface area contributed by atoms with Crippen molar-refractivity contribution in [1.82, 2.24) is 0 Å². The smallest absolute Gasteiger partial charge is 0.122 e. The van der Waals surface area contributed by atoms with Crippen molar-refractivity contribution in [2.75, 3.05) is 12.9 Å². The highest BCUT2D eigenvalue weighted by molar-refractivity contribution is 7.80. The number of hydrogen-bond donors (Lipinski definition) is 1. The number of benzene rings is 1. The van der Waals surface area contributed by atoms with Gasteiger partial charge < -0.3 is 4.74 Å². The van der Waals surface area contributed by atoms with Crippen LogP contribution in [0.25, 0.3) is 0 Å². The van der Waals surface area contributed by atoms with Gasteiger partial charge in [-0.15, -0.1) is 0 Å². The molecule has 17 heavy (non-hydrogen) atoms. The minimum Gasteiger partial charge on any atom is -0.496 e. The van der Waals surface area contributed by atoms with Crippen LogP contribution in [0.4, 0.5) is 0 Å². The van der Waals surface area contributed by atoms with Crippen molar-refractivity contribution in [2.24, 2.45) is 0 Å². The van der Waals surface area contributed by atoms with Crippen LogP contribution in [-0.4, -0.2) is 12.9 Å². The van der Waals surface area contributed by atoms with Gasteiger partial charge in [-0.05, 0) is 47.6 Å². The monoisotopic (exact) mass is 252 g/mol. The summed E-state index contributed by atoms with van der Waals surface area (Å²) in [7, 11) is 1.74. The van der Waals surface area contributed by atoms with Gasteiger partial charge in [0, 0.05) is 0 Å². The van der Waals surface area contributed by atoms with Gasteiger partial charge in [0.2, 0.25) is 0 Å². The van der Waals surface area contributed by atoms with E-state index < -0.39 is 0 Å². The van der Waals surface area contributed by atoms with Crippen LogP contribution in [0.3, 0.4) is 0 Å². The summed E-state index contributed by atoms with van der Waals surface area (Å²) >= 11 is 4.25. The predicted octanol–water partition coefficient (Wildman–Crippen LogP) is 4.25. The summed E-state index contributed by atoms with van der Waals surface area (Å²) in [6, 6.07) is 6.55. The lowest BCUT2D eigenvalue weighted by atomic mass is 9.85. The Hall–Kier alpha value is -0.630. The van der Waals surface area contributed by atoms with E-state index in [9.17, 15) is 0 Å². The molecule has 0 saturated carbocycles. The number of aryl methyl sites for hydroxylation is 1. The third-order valence-electron chi connectivity index (χ3n) is 3.00. The van der Waals surface area contributed by atoms with E-state index in [1.807, 2.05) is 0 Å². The van der Waals surface area contributed by atoms with Crippen molar-refractivity contribution in [3.63, 3.8) is 0 Å². The van der Waals surface area contributed by atoms with Crippen molar-refractivity contribution in [2.45, 2.75) is 45.4 Å². The molecule has 0 spiro atoms.